The third kappa shape index (κ3) is 2.67. The molecule has 2 heterocycles. The third-order valence-electron chi connectivity index (χ3n) is 6.94. The summed E-state index contributed by atoms with van der Waals surface area (Å²) >= 11 is 1.57. The van der Waals surface area contributed by atoms with Gasteiger partial charge in [-0.1, -0.05) is 28.6 Å². The highest BCUT2D eigenvalue weighted by molar-refractivity contribution is 7.15. The first-order valence-electron chi connectivity index (χ1n) is 10.1. The number of carbonyl (C=O) groups excluding carboxylic acids is 1. The molecule has 7 rings (SSSR count). The Balaban J connectivity index is 1.19. The van der Waals surface area contributed by atoms with Crippen LogP contribution in [0.4, 0.5) is 5.13 Å². The van der Waals surface area contributed by atoms with Gasteiger partial charge in [-0.25, -0.2) is 0 Å². The smallest absolute Gasteiger partial charge is 0.232 e. The first kappa shape index (κ1) is 16.7. The molecule has 2 aromatic heterocycles. The van der Waals surface area contributed by atoms with Gasteiger partial charge >= 0.3 is 0 Å². The Morgan fingerprint density at radius 1 is 1.11 bits per heavy atom. The van der Waals surface area contributed by atoms with Gasteiger partial charge in [0.2, 0.25) is 11.0 Å². The normalized spacial score (nSPS) is 30.8. The number of nitrogens with one attached hydrogen (secondary N) is 1. The third-order valence-corrected chi connectivity index (χ3v) is 8.03. The highest BCUT2D eigenvalue weighted by Gasteiger charge is 2.53. The molecular weight excluding hydrogens is 372 g/mol. The van der Waals surface area contributed by atoms with E-state index >= 15 is 0 Å². The molecule has 3 aromatic rings. The monoisotopic (exact) mass is 394 g/mol. The maximum atomic E-state index is 12.5. The van der Waals surface area contributed by atoms with Crippen LogP contribution in [0.25, 0.3) is 11.0 Å². The molecule has 0 spiro atoms. The van der Waals surface area contributed by atoms with E-state index in [0.717, 1.165) is 28.1 Å². The number of hydrogen-bond donors (Lipinski definition) is 1. The summed E-state index contributed by atoms with van der Waals surface area (Å²) in [6.07, 6.45) is 8.17. The van der Waals surface area contributed by atoms with Crippen LogP contribution < -0.4 is 5.32 Å². The molecule has 0 radical (unpaired) electrons. The predicted octanol–water partition coefficient (Wildman–Crippen LogP) is 4.33. The molecule has 28 heavy (non-hydrogen) atoms. The Bertz CT molecular complexity index is 1020. The van der Waals surface area contributed by atoms with E-state index in [2.05, 4.69) is 20.7 Å². The zero-order valence-corrected chi connectivity index (χ0v) is 16.4. The van der Waals surface area contributed by atoms with Crippen molar-refractivity contribution in [3.8, 4) is 0 Å². The zero-order valence-electron chi connectivity index (χ0n) is 15.6. The second-order valence-corrected chi connectivity index (χ2v) is 9.94. The number of para-hydroxylation sites is 1. The largest absolute Gasteiger partial charge is 0.356 e. The lowest BCUT2D eigenvalue weighted by Crippen LogP contribution is -2.48. The molecule has 4 saturated carbocycles. The SMILES string of the molecule is O=C(Cc1noc2ccccc12)Nc1nnc(C23CC4CC(CC(C4)C2)C3)s1. The highest BCUT2D eigenvalue weighted by atomic mass is 32.1. The lowest BCUT2D eigenvalue weighted by atomic mass is 9.50. The average Bonchev–Trinajstić information content (AvgIpc) is 3.29. The summed E-state index contributed by atoms with van der Waals surface area (Å²) in [5.41, 5.74) is 1.57. The molecule has 4 aliphatic rings. The summed E-state index contributed by atoms with van der Waals surface area (Å²) in [6.45, 7) is 0. The Labute approximate surface area is 166 Å². The lowest BCUT2D eigenvalue weighted by Gasteiger charge is -2.55. The van der Waals surface area contributed by atoms with Crippen molar-refractivity contribution in [3.05, 3.63) is 35.0 Å². The standard InChI is InChI=1S/C21H22N4O2S/c26-18(8-16-15-3-1-2-4-17(15)27-25-16)22-20-24-23-19(28-20)21-9-12-5-13(10-21)7-14(6-12)11-21/h1-4,12-14H,5-11H2,(H,22,24,26). The Morgan fingerprint density at radius 3 is 2.57 bits per heavy atom. The van der Waals surface area contributed by atoms with Gasteiger partial charge in [0.1, 0.15) is 10.7 Å². The molecule has 7 heteroatoms. The number of aromatic nitrogens is 3. The van der Waals surface area contributed by atoms with Crippen LogP contribution in [0, 0.1) is 17.8 Å². The number of anilines is 1. The Morgan fingerprint density at radius 2 is 1.82 bits per heavy atom. The van der Waals surface area contributed by atoms with Crippen LogP contribution in [-0.2, 0) is 16.6 Å². The predicted molar refractivity (Wildman–Crippen MR) is 106 cm³/mol. The molecule has 1 N–H and O–H groups in total. The van der Waals surface area contributed by atoms with Crippen LogP contribution >= 0.6 is 11.3 Å². The molecule has 1 amide bonds. The van der Waals surface area contributed by atoms with E-state index in [4.69, 9.17) is 4.52 Å². The second kappa shape index (κ2) is 6.11. The molecule has 6 nitrogen and oxygen atoms in total. The minimum absolute atomic E-state index is 0.132. The molecule has 4 bridgehead atoms. The van der Waals surface area contributed by atoms with Gasteiger partial charge < -0.3 is 9.84 Å². The van der Waals surface area contributed by atoms with Crippen LogP contribution in [0.1, 0.15) is 49.2 Å². The second-order valence-electron chi connectivity index (χ2n) is 8.96. The molecular formula is C21H22N4O2S. The number of benzene rings is 1. The molecule has 144 valence electrons. The molecule has 4 aliphatic carbocycles. The molecule has 0 aliphatic heterocycles. The van der Waals surface area contributed by atoms with E-state index in [0.29, 0.717) is 16.4 Å². The number of fused-ring (bicyclic) bond motifs is 1. The van der Waals surface area contributed by atoms with Gasteiger partial charge in [-0.15, -0.1) is 10.2 Å². The van der Waals surface area contributed by atoms with Crippen LogP contribution in [0.2, 0.25) is 0 Å². The van der Waals surface area contributed by atoms with Gasteiger partial charge in [0.15, 0.2) is 5.58 Å². The van der Waals surface area contributed by atoms with Crippen molar-refractivity contribution < 1.29 is 9.32 Å². The molecule has 0 unspecified atom stereocenters. The summed E-state index contributed by atoms with van der Waals surface area (Å²) in [6, 6.07) is 7.59. The van der Waals surface area contributed by atoms with Gasteiger partial charge in [-0.05, 0) is 68.4 Å². The van der Waals surface area contributed by atoms with E-state index in [1.165, 1.54) is 38.5 Å². The van der Waals surface area contributed by atoms with Crippen molar-refractivity contribution in [2.75, 3.05) is 5.32 Å². The molecule has 0 saturated heterocycles. The summed E-state index contributed by atoms with van der Waals surface area (Å²) in [5.74, 6) is 2.48. The fourth-order valence-corrected chi connectivity index (χ4v) is 7.22. The molecule has 0 atom stereocenters. The van der Waals surface area contributed by atoms with Crippen molar-refractivity contribution >= 4 is 33.3 Å². The van der Waals surface area contributed by atoms with E-state index in [1.54, 1.807) is 11.3 Å². The number of nitrogens with zero attached hydrogens (tertiary/aromatic N) is 3. The topological polar surface area (TPSA) is 80.9 Å². The average molecular weight is 395 g/mol. The number of carbonyl (C=O) groups is 1. The van der Waals surface area contributed by atoms with Crippen molar-refractivity contribution in [2.45, 2.75) is 50.4 Å². The molecule has 4 fully saturated rings. The van der Waals surface area contributed by atoms with Gasteiger partial charge in [0.05, 0.1) is 6.42 Å². The van der Waals surface area contributed by atoms with Crippen molar-refractivity contribution in [3.63, 3.8) is 0 Å². The maximum absolute atomic E-state index is 12.5. The minimum atomic E-state index is -0.132. The van der Waals surface area contributed by atoms with Crippen LogP contribution in [-0.4, -0.2) is 21.3 Å². The summed E-state index contributed by atoms with van der Waals surface area (Å²) in [5, 5.41) is 18.4. The quantitative estimate of drug-likeness (QED) is 0.712. The van der Waals surface area contributed by atoms with Crippen molar-refractivity contribution in [2.24, 2.45) is 17.8 Å². The van der Waals surface area contributed by atoms with Crippen LogP contribution in [0.5, 0.6) is 0 Å². The van der Waals surface area contributed by atoms with Gasteiger partial charge in [-0.2, -0.15) is 0 Å². The number of rotatable bonds is 4. The summed E-state index contributed by atoms with van der Waals surface area (Å²) < 4.78 is 5.29. The summed E-state index contributed by atoms with van der Waals surface area (Å²) in [7, 11) is 0. The number of hydrogen-bond acceptors (Lipinski definition) is 6. The maximum Gasteiger partial charge on any atom is 0.232 e. The van der Waals surface area contributed by atoms with Crippen molar-refractivity contribution in [1.29, 1.82) is 0 Å². The Kier molecular flexibility index (Phi) is 3.63. The van der Waals surface area contributed by atoms with E-state index < -0.39 is 0 Å². The van der Waals surface area contributed by atoms with E-state index in [9.17, 15) is 4.79 Å². The zero-order chi connectivity index (χ0) is 18.7. The van der Waals surface area contributed by atoms with Gasteiger partial charge in [0, 0.05) is 10.8 Å². The highest BCUT2D eigenvalue weighted by Crippen LogP contribution is 2.61. The van der Waals surface area contributed by atoms with E-state index in [1.807, 2.05) is 24.3 Å². The lowest BCUT2D eigenvalue weighted by molar-refractivity contribution is -0.115. The van der Waals surface area contributed by atoms with Gasteiger partial charge in [-0.3, -0.25) is 4.79 Å². The first-order chi connectivity index (χ1) is 13.7. The fourth-order valence-electron chi connectivity index (χ4n) is 6.24. The van der Waals surface area contributed by atoms with Crippen molar-refractivity contribution in [1.82, 2.24) is 15.4 Å². The fraction of sp³-hybridized carbons (Fsp3) is 0.524. The van der Waals surface area contributed by atoms with Crippen LogP contribution in [0.15, 0.2) is 28.8 Å². The van der Waals surface area contributed by atoms with E-state index in [-0.39, 0.29) is 17.7 Å². The first-order valence-corrected chi connectivity index (χ1v) is 11.0. The number of amides is 1. The Hall–Kier alpha value is -2.28. The van der Waals surface area contributed by atoms with Crippen LogP contribution in [0.3, 0.4) is 0 Å². The van der Waals surface area contributed by atoms with Gasteiger partial charge in [0.25, 0.3) is 0 Å². The minimum Gasteiger partial charge on any atom is -0.356 e. The summed E-state index contributed by atoms with van der Waals surface area (Å²) in [4.78, 5) is 12.5. The molecule has 1 aromatic carbocycles.